The highest BCUT2D eigenvalue weighted by Crippen LogP contribution is 2.31. The average molecular weight is 325 g/mol. The van der Waals surface area contributed by atoms with Crippen LogP contribution in [-0.2, 0) is 4.74 Å². The molecule has 3 rings (SSSR count). The van der Waals surface area contributed by atoms with Gasteiger partial charge >= 0.3 is 0 Å². The zero-order valence-electron chi connectivity index (χ0n) is 12.1. The van der Waals surface area contributed by atoms with E-state index in [2.05, 4.69) is 4.98 Å². The van der Waals surface area contributed by atoms with Crippen LogP contribution in [0.1, 0.15) is 12.8 Å². The van der Waals surface area contributed by atoms with Gasteiger partial charge in [0.05, 0.1) is 30.0 Å². The minimum absolute atomic E-state index is 0.00323. The molecule has 0 bridgehead atoms. The molecule has 1 N–H and O–H groups in total. The van der Waals surface area contributed by atoms with Gasteiger partial charge in [-0.3, -0.25) is 4.98 Å². The number of halogens is 2. The minimum atomic E-state index is -0.345. The van der Waals surface area contributed by atoms with Crippen molar-refractivity contribution < 1.29 is 14.2 Å². The number of piperidine rings is 1. The van der Waals surface area contributed by atoms with Crippen LogP contribution in [0.15, 0.2) is 24.4 Å². The van der Waals surface area contributed by atoms with Crippen molar-refractivity contribution in [2.45, 2.75) is 18.9 Å². The molecule has 4 nitrogen and oxygen atoms in total. The van der Waals surface area contributed by atoms with Crippen LogP contribution in [0, 0.1) is 5.82 Å². The lowest BCUT2D eigenvalue weighted by atomic mass is 10.1. The summed E-state index contributed by atoms with van der Waals surface area (Å²) >= 11 is 6.08. The molecular formula is C16H18ClFN2O2. The zero-order chi connectivity index (χ0) is 15.5. The first-order chi connectivity index (χ1) is 10.7. The molecule has 2 aromatic rings. The average Bonchev–Trinajstić information content (AvgIpc) is 2.54. The number of rotatable bonds is 4. The molecule has 1 aliphatic heterocycles. The summed E-state index contributed by atoms with van der Waals surface area (Å²) in [5.74, 6) is -0.345. The molecule has 1 saturated heterocycles. The highest BCUT2D eigenvalue weighted by Gasteiger charge is 2.23. The van der Waals surface area contributed by atoms with Gasteiger partial charge in [0.15, 0.2) is 5.82 Å². The molecule has 6 heteroatoms. The summed E-state index contributed by atoms with van der Waals surface area (Å²) in [4.78, 5) is 6.09. The fourth-order valence-corrected chi connectivity index (χ4v) is 3.11. The van der Waals surface area contributed by atoms with Gasteiger partial charge in [-0.25, -0.2) is 4.39 Å². The Morgan fingerprint density at radius 2 is 2.27 bits per heavy atom. The van der Waals surface area contributed by atoms with Crippen molar-refractivity contribution in [3.05, 3.63) is 35.2 Å². The number of pyridine rings is 1. The van der Waals surface area contributed by atoms with Crippen molar-refractivity contribution in [2.24, 2.45) is 0 Å². The van der Waals surface area contributed by atoms with E-state index < -0.39 is 0 Å². The lowest BCUT2D eigenvalue weighted by Gasteiger charge is -2.34. The number of fused-ring (bicyclic) bond motifs is 1. The van der Waals surface area contributed by atoms with E-state index in [9.17, 15) is 4.39 Å². The smallest absolute Gasteiger partial charge is 0.172 e. The molecule has 0 aliphatic carbocycles. The lowest BCUT2D eigenvalue weighted by Crippen LogP contribution is -2.40. The van der Waals surface area contributed by atoms with Crippen molar-refractivity contribution in [2.75, 3.05) is 31.2 Å². The summed E-state index contributed by atoms with van der Waals surface area (Å²) in [5, 5.41) is 9.97. The summed E-state index contributed by atoms with van der Waals surface area (Å²) in [5.41, 5.74) is 0.822. The van der Waals surface area contributed by atoms with Gasteiger partial charge in [-0.15, -0.1) is 0 Å². The van der Waals surface area contributed by atoms with E-state index in [4.69, 9.17) is 21.4 Å². The first-order valence-electron chi connectivity index (χ1n) is 7.41. The van der Waals surface area contributed by atoms with Gasteiger partial charge in [0.2, 0.25) is 0 Å². The molecule has 118 valence electrons. The van der Waals surface area contributed by atoms with Crippen molar-refractivity contribution in [3.63, 3.8) is 0 Å². The maximum atomic E-state index is 14.8. The second-order valence-corrected chi connectivity index (χ2v) is 5.80. The normalized spacial score (nSPS) is 18.9. The second-order valence-electron chi connectivity index (χ2n) is 5.39. The Hall–Kier alpha value is -1.43. The topological polar surface area (TPSA) is 45.6 Å². The monoisotopic (exact) mass is 324 g/mol. The highest BCUT2D eigenvalue weighted by atomic mass is 35.5. The number of benzene rings is 1. The van der Waals surface area contributed by atoms with Crippen molar-refractivity contribution in [1.29, 1.82) is 0 Å². The highest BCUT2D eigenvalue weighted by molar-refractivity contribution is 6.35. The third-order valence-corrected chi connectivity index (χ3v) is 4.27. The van der Waals surface area contributed by atoms with Crippen molar-refractivity contribution in [1.82, 2.24) is 4.98 Å². The predicted molar refractivity (Wildman–Crippen MR) is 85.0 cm³/mol. The van der Waals surface area contributed by atoms with Crippen molar-refractivity contribution in [3.8, 4) is 0 Å². The molecule has 1 aliphatic rings. The number of aliphatic hydroxyl groups is 1. The maximum Gasteiger partial charge on any atom is 0.172 e. The molecule has 1 aromatic carbocycles. The van der Waals surface area contributed by atoms with E-state index in [-0.39, 0.29) is 18.5 Å². The van der Waals surface area contributed by atoms with Crippen LogP contribution in [0.5, 0.6) is 0 Å². The Bertz CT molecular complexity index is 668. The number of hydrogen-bond acceptors (Lipinski definition) is 4. The minimum Gasteiger partial charge on any atom is -0.394 e. The van der Waals surface area contributed by atoms with E-state index in [0.29, 0.717) is 34.8 Å². The van der Waals surface area contributed by atoms with Gasteiger partial charge < -0.3 is 14.7 Å². The predicted octanol–water partition coefficient (Wildman–Crippen LogP) is 3.01. The van der Waals surface area contributed by atoms with Crippen LogP contribution in [-0.4, -0.2) is 42.5 Å². The van der Waals surface area contributed by atoms with E-state index in [1.807, 2.05) is 4.90 Å². The van der Waals surface area contributed by atoms with Gasteiger partial charge in [0.25, 0.3) is 0 Å². The summed E-state index contributed by atoms with van der Waals surface area (Å²) < 4.78 is 20.3. The summed E-state index contributed by atoms with van der Waals surface area (Å²) in [6.07, 6.45) is 3.39. The molecule has 1 fully saturated rings. The summed E-state index contributed by atoms with van der Waals surface area (Å²) in [6, 6.07) is 5.21. The molecule has 1 aromatic heterocycles. The molecule has 0 amide bonds. The Balaban J connectivity index is 1.88. The molecule has 1 atom stereocenters. The van der Waals surface area contributed by atoms with Crippen LogP contribution in [0.2, 0.25) is 5.02 Å². The van der Waals surface area contributed by atoms with Crippen molar-refractivity contribution >= 4 is 28.2 Å². The fourth-order valence-electron chi connectivity index (χ4n) is 2.90. The zero-order valence-corrected chi connectivity index (χ0v) is 12.9. The number of aliphatic hydroxyl groups excluding tert-OH is 1. The maximum absolute atomic E-state index is 14.8. The van der Waals surface area contributed by atoms with Gasteiger partial charge in [-0.2, -0.15) is 0 Å². The van der Waals surface area contributed by atoms with Crippen LogP contribution in [0.25, 0.3) is 10.9 Å². The molecular weight excluding hydrogens is 307 g/mol. The summed E-state index contributed by atoms with van der Waals surface area (Å²) in [7, 11) is 0. The Morgan fingerprint density at radius 3 is 3.09 bits per heavy atom. The van der Waals surface area contributed by atoms with Gasteiger partial charge in [-0.1, -0.05) is 11.6 Å². The third-order valence-electron chi connectivity index (χ3n) is 3.94. The molecule has 22 heavy (non-hydrogen) atoms. The molecule has 2 heterocycles. The lowest BCUT2D eigenvalue weighted by molar-refractivity contribution is 0.0214. The van der Waals surface area contributed by atoms with E-state index in [0.717, 1.165) is 19.4 Å². The van der Waals surface area contributed by atoms with Crippen LogP contribution in [0.3, 0.4) is 0 Å². The number of aromatic nitrogens is 1. The Kier molecular flexibility index (Phi) is 4.76. The second kappa shape index (κ2) is 6.77. The number of nitrogens with zero attached hydrogens (tertiary/aromatic N) is 2. The Labute approximate surface area is 133 Å². The Morgan fingerprint density at radius 1 is 1.41 bits per heavy atom. The van der Waals surface area contributed by atoms with Crippen LogP contribution >= 0.6 is 11.6 Å². The fraction of sp³-hybridized carbons (Fsp3) is 0.438. The SMILES string of the molecule is OCCOC1CCCN(c2ccc3c(Cl)ccnc3c2F)C1. The number of ether oxygens (including phenoxy) is 1. The third kappa shape index (κ3) is 3.02. The molecule has 0 saturated carbocycles. The number of anilines is 1. The molecule has 0 spiro atoms. The standard InChI is InChI=1S/C16H18ClFN2O2/c17-13-5-6-19-16-12(13)3-4-14(15(16)18)20-7-1-2-11(10-20)22-9-8-21/h3-6,11,21H,1-2,7-10H2. The first-order valence-corrected chi connectivity index (χ1v) is 7.78. The van der Waals surface area contributed by atoms with Gasteiger partial charge in [0.1, 0.15) is 5.52 Å². The summed E-state index contributed by atoms with van der Waals surface area (Å²) in [6.45, 7) is 1.71. The first kappa shape index (κ1) is 15.5. The largest absolute Gasteiger partial charge is 0.394 e. The van der Waals surface area contributed by atoms with E-state index in [1.165, 1.54) is 6.20 Å². The van der Waals surface area contributed by atoms with Crippen LogP contribution < -0.4 is 4.90 Å². The quantitative estimate of drug-likeness (QED) is 0.939. The van der Waals surface area contributed by atoms with Gasteiger partial charge in [0, 0.05) is 24.7 Å². The molecule has 0 radical (unpaired) electrons. The van der Waals surface area contributed by atoms with E-state index in [1.54, 1.807) is 18.2 Å². The molecule has 1 unspecified atom stereocenters. The van der Waals surface area contributed by atoms with Crippen LogP contribution in [0.4, 0.5) is 10.1 Å². The number of hydrogen-bond donors (Lipinski definition) is 1. The van der Waals surface area contributed by atoms with Gasteiger partial charge in [-0.05, 0) is 31.0 Å². The van der Waals surface area contributed by atoms with E-state index >= 15 is 0 Å².